The summed E-state index contributed by atoms with van der Waals surface area (Å²) in [6.45, 7) is 6.04. The van der Waals surface area contributed by atoms with Gasteiger partial charge in [0.1, 0.15) is 0 Å². The number of aromatic nitrogens is 2. The van der Waals surface area contributed by atoms with Crippen LogP contribution in [-0.2, 0) is 11.2 Å². The molecule has 0 spiro atoms. The van der Waals surface area contributed by atoms with Gasteiger partial charge in [0.15, 0.2) is 5.69 Å². The van der Waals surface area contributed by atoms with Gasteiger partial charge in [-0.3, -0.25) is 20.4 Å². The van der Waals surface area contributed by atoms with E-state index in [1.54, 1.807) is 22.9 Å². The molecule has 1 aromatic heterocycles. The second-order valence-electron chi connectivity index (χ2n) is 8.26. The van der Waals surface area contributed by atoms with E-state index in [2.05, 4.69) is 31.9 Å². The van der Waals surface area contributed by atoms with E-state index >= 15 is 0 Å². The number of benzene rings is 2. The van der Waals surface area contributed by atoms with Gasteiger partial charge >= 0.3 is 0 Å². The van der Waals surface area contributed by atoms with Crippen LogP contribution in [0.2, 0.25) is 10.0 Å². The highest BCUT2D eigenvalue weighted by Gasteiger charge is 2.26. The molecular weight excluding hydrogens is 551 g/mol. The van der Waals surface area contributed by atoms with Gasteiger partial charge in [0.25, 0.3) is 5.91 Å². The minimum atomic E-state index is -0.482. The molecule has 0 bridgehead atoms. The summed E-state index contributed by atoms with van der Waals surface area (Å²) in [5.74, 6) is -0.808. The summed E-state index contributed by atoms with van der Waals surface area (Å²) in [6, 6.07) is 12.9. The number of nitrogens with one attached hydrogen (secondary N) is 2. The lowest BCUT2D eigenvalue weighted by Gasteiger charge is -2.15. The molecule has 9 heteroatoms. The first-order chi connectivity index (χ1) is 16.8. The fourth-order valence-electron chi connectivity index (χ4n) is 4.08. The SMILES string of the molecule is CCCC(CCC)C(=O)NNC(=O)c1nn(-c2ccc(Cl)cc2Cl)c(-c2ccc(Br)cc2)c1CC. The summed E-state index contributed by atoms with van der Waals surface area (Å²) in [6.07, 6.45) is 3.88. The second kappa shape index (κ2) is 12.6. The first-order valence-electron chi connectivity index (χ1n) is 11.7. The Labute approximate surface area is 224 Å². The lowest BCUT2D eigenvalue weighted by atomic mass is 9.98. The Morgan fingerprint density at radius 3 is 2.23 bits per heavy atom. The Balaban J connectivity index is 2.02. The largest absolute Gasteiger partial charge is 0.290 e. The zero-order valence-corrected chi connectivity index (χ0v) is 23.1. The van der Waals surface area contributed by atoms with E-state index in [9.17, 15) is 9.59 Å². The van der Waals surface area contributed by atoms with Crippen molar-refractivity contribution in [2.45, 2.75) is 52.9 Å². The number of rotatable bonds is 9. The Hall–Kier alpha value is -2.35. The highest BCUT2D eigenvalue weighted by atomic mass is 79.9. The molecule has 0 atom stereocenters. The fraction of sp³-hybridized carbons (Fsp3) is 0.346. The van der Waals surface area contributed by atoms with Gasteiger partial charge in [-0.15, -0.1) is 0 Å². The smallest absolute Gasteiger partial charge is 0.273 e. The minimum Gasteiger partial charge on any atom is -0.273 e. The maximum Gasteiger partial charge on any atom is 0.290 e. The fourth-order valence-corrected chi connectivity index (χ4v) is 4.84. The molecule has 2 aromatic carbocycles. The molecule has 0 aliphatic heterocycles. The molecule has 0 radical (unpaired) electrons. The third kappa shape index (κ3) is 6.46. The molecule has 3 aromatic rings. The van der Waals surface area contributed by atoms with Crippen LogP contribution in [0.1, 0.15) is 62.5 Å². The quantitative estimate of drug-likeness (QED) is 0.264. The van der Waals surface area contributed by atoms with Crippen LogP contribution >= 0.6 is 39.1 Å². The first kappa shape index (κ1) is 27.2. The van der Waals surface area contributed by atoms with E-state index in [1.807, 2.05) is 45.0 Å². The lowest BCUT2D eigenvalue weighted by molar-refractivity contribution is -0.126. The minimum absolute atomic E-state index is 0.139. The molecule has 3 rings (SSSR count). The molecule has 2 amide bonds. The van der Waals surface area contributed by atoms with Gasteiger partial charge in [-0.2, -0.15) is 5.10 Å². The summed E-state index contributed by atoms with van der Waals surface area (Å²) in [5.41, 5.74) is 8.35. The first-order valence-corrected chi connectivity index (χ1v) is 13.3. The van der Waals surface area contributed by atoms with E-state index in [-0.39, 0.29) is 17.5 Å². The number of nitrogens with zero attached hydrogens (tertiary/aromatic N) is 2. The van der Waals surface area contributed by atoms with Gasteiger partial charge in [-0.05, 0) is 49.6 Å². The van der Waals surface area contributed by atoms with Crippen molar-refractivity contribution >= 4 is 50.9 Å². The number of hydrazine groups is 1. The van der Waals surface area contributed by atoms with Crippen molar-refractivity contribution in [2.24, 2.45) is 5.92 Å². The van der Waals surface area contributed by atoms with Gasteiger partial charge < -0.3 is 0 Å². The molecule has 186 valence electrons. The molecule has 35 heavy (non-hydrogen) atoms. The second-order valence-corrected chi connectivity index (χ2v) is 10.0. The molecular formula is C26H29BrCl2N4O2. The Morgan fingerprint density at radius 1 is 1.00 bits per heavy atom. The maximum absolute atomic E-state index is 13.2. The van der Waals surface area contributed by atoms with E-state index in [1.165, 1.54) is 0 Å². The van der Waals surface area contributed by atoms with Gasteiger partial charge in [-0.25, -0.2) is 4.68 Å². The van der Waals surface area contributed by atoms with Gasteiger partial charge in [0.2, 0.25) is 5.91 Å². The highest BCUT2D eigenvalue weighted by Crippen LogP contribution is 2.34. The van der Waals surface area contributed by atoms with Gasteiger partial charge in [0, 0.05) is 26.5 Å². The third-order valence-corrected chi connectivity index (χ3v) is 6.82. The zero-order chi connectivity index (χ0) is 25.5. The predicted molar refractivity (Wildman–Crippen MR) is 145 cm³/mol. The van der Waals surface area contributed by atoms with Crippen LogP contribution in [0, 0.1) is 5.92 Å². The lowest BCUT2D eigenvalue weighted by Crippen LogP contribution is -2.45. The Kier molecular flexibility index (Phi) is 9.78. The Morgan fingerprint density at radius 2 is 1.66 bits per heavy atom. The molecule has 0 saturated heterocycles. The van der Waals surface area contributed by atoms with Crippen LogP contribution in [-0.4, -0.2) is 21.6 Å². The van der Waals surface area contributed by atoms with Crippen molar-refractivity contribution in [2.75, 3.05) is 0 Å². The molecule has 2 N–H and O–H groups in total. The number of halogens is 3. The molecule has 0 saturated carbocycles. The molecule has 0 unspecified atom stereocenters. The third-order valence-electron chi connectivity index (χ3n) is 5.75. The van der Waals surface area contributed by atoms with Crippen LogP contribution < -0.4 is 10.9 Å². The number of hydrogen-bond donors (Lipinski definition) is 2. The van der Waals surface area contributed by atoms with E-state index in [0.29, 0.717) is 22.2 Å². The van der Waals surface area contributed by atoms with Gasteiger partial charge in [-0.1, -0.05) is 84.9 Å². The number of carbonyl (C=O) groups excluding carboxylic acids is 2. The number of hydrogen-bond acceptors (Lipinski definition) is 3. The molecule has 0 fully saturated rings. The molecule has 0 aliphatic carbocycles. The molecule has 6 nitrogen and oxygen atoms in total. The molecule has 0 aliphatic rings. The van der Waals surface area contributed by atoms with Crippen molar-refractivity contribution in [3.8, 4) is 16.9 Å². The monoisotopic (exact) mass is 578 g/mol. The van der Waals surface area contributed by atoms with E-state index in [4.69, 9.17) is 23.2 Å². The standard InChI is InChI=1S/C26H29BrCl2N4O2/c1-4-7-17(8-5-2)25(34)30-31-26(35)23-20(6-3)24(16-9-11-18(27)12-10-16)33(32-23)22-14-13-19(28)15-21(22)29/h9-15,17H,4-8H2,1-3H3,(H,30,34)(H,31,35). The number of carbonyl (C=O) groups is 2. The normalized spacial score (nSPS) is 11.1. The van der Waals surface area contributed by atoms with E-state index < -0.39 is 5.91 Å². The van der Waals surface area contributed by atoms with Crippen LogP contribution in [0.5, 0.6) is 0 Å². The summed E-state index contributed by atoms with van der Waals surface area (Å²) >= 11 is 16.1. The van der Waals surface area contributed by atoms with Crippen molar-refractivity contribution in [3.63, 3.8) is 0 Å². The average molecular weight is 580 g/mol. The van der Waals surface area contributed by atoms with Crippen molar-refractivity contribution in [3.05, 3.63) is 68.2 Å². The van der Waals surface area contributed by atoms with Crippen molar-refractivity contribution in [1.82, 2.24) is 20.6 Å². The van der Waals surface area contributed by atoms with E-state index in [0.717, 1.165) is 47.0 Å². The topological polar surface area (TPSA) is 76.0 Å². The predicted octanol–water partition coefficient (Wildman–Crippen LogP) is 7.15. The maximum atomic E-state index is 13.2. The van der Waals surface area contributed by atoms with Crippen LogP contribution in [0.4, 0.5) is 0 Å². The Bertz CT molecular complexity index is 1190. The van der Waals surface area contributed by atoms with Crippen LogP contribution in [0.3, 0.4) is 0 Å². The average Bonchev–Trinajstić information content (AvgIpc) is 3.22. The summed E-state index contributed by atoms with van der Waals surface area (Å²) in [7, 11) is 0. The number of amides is 2. The van der Waals surface area contributed by atoms with Crippen LogP contribution in [0.25, 0.3) is 16.9 Å². The van der Waals surface area contributed by atoms with Gasteiger partial charge in [0.05, 0.1) is 16.4 Å². The zero-order valence-electron chi connectivity index (χ0n) is 20.0. The van der Waals surface area contributed by atoms with Crippen molar-refractivity contribution in [1.29, 1.82) is 0 Å². The van der Waals surface area contributed by atoms with Crippen LogP contribution in [0.15, 0.2) is 46.9 Å². The summed E-state index contributed by atoms with van der Waals surface area (Å²) in [4.78, 5) is 25.9. The summed E-state index contributed by atoms with van der Waals surface area (Å²) < 4.78 is 2.60. The van der Waals surface area contributed by atoms with Crippen molar-refractivity contribution < 1.29 is 9.59 Å². The molecule has 1 heterocycles. The highest BCUT2D eigenvalue weighted by molar-refractivity contribution is 9.10. The summed E-state index contributed by atoms with van der Waals surface area (Å²) in [5, 5.41) is 5.56.